The van der Waals surface area contributed by atoms with Gasteiger partial charge in [0.2, 0.25) is 0 Å². The standard InChI is InChI=1S/C16H17ClN2O3S/c1-9(3-8-13(20)21)18-15(22)14-10(2)19-16(23-14)11-4-6-12(17)7-5-11/h4-7,9H,3,8H2,1-2H3,(H,18,22)(H,20,21). The maximum absolute atomic E-state index is 12.3. The van der Waals surface area contributed by atoms with Gasteiger partial charge >= 0.3 is 5.97 Å². The number of carboxylic acid groups (broad SMARTS) is 1. The van der Waals surface area contributed by atoms with Gasteiger partial charge in [0.15, 0.2) is 0 Å². The minimum absolute atomic E-state index is 0.0269. The van der Waals surface area contributed by atoms with Crippen molar-refractivity contribution in [3.8, 4) is 10.6 Å². The summed E-state index contributed by atoms with van der Waals surface area (Å²) in [6.07, 6.45) is 0.419. The first-order valence-electron chi connectivity index (χ1n) is 7.13. The van der Waals surface area contributed by atoms with Gasteiger partial charge in [0.1, 0.15) is 9.88 Å². The molecule has 0 aliphatic heterocycles. The molecule has 7 heteroatoms. The Morgan fingerprint density at radius 3 is 2.61 bits per heavy atom. The number of carboxylic acids is 1. The van der Waals surface area contributed by atoms with Crippen LogP contribution in [0.4, 0.5) is 0 Å². The molecule has 0 radical (unpaired) electrons. The van der Waals surface area contributed by atoms with Gasteiger partial charge in [0.05, 0.1) is 5.69 Å². The first kappa shape index (κ1) is 17.4. The van der Waals surface area contributed by atoms with Crippen molar-refractivity contribution < 1.29 is 14.7 Å². The zero-order valence-electron chi connectivity index (χ0n) is 12.8. The highest BCUT2D eigenvalue weighted by Crippen LogP contribution is 2.28. The molecule has 1 amide bonds. The van der Waals surface area contributed by atoms with Crippen LogP contribution in [0.3, 0.4) is 0 Å². The number of aromatic nitrogens is 1. The second kappa shape index (κ2) is 7.57. The first-order valence-corrected chi connectivity index (χ1v) is 8.32. The van der Waals surface area contributed by atoms with Crippen molar-refractivity contribution in [3.63, 3.8) is 0 Å². The lowest BCUT2D eigenvalue weighted by molar-refractivity contribution is -0.137. The van der Waals surface area contributed by atoms with Gasteiger partial charge < -0.3 is 10.4 Å². The molecule has 1 heterocycles. The van der Waals surface area contributed by atoms with Crippen molar-refractivity contribution in [2.75, 3.05) is 0 Å². The molecule has 1 unspecified atom stereocenters. The molecule has 0 fully saturated rings. The number of carbonyl (C=O) groups excluding carboxylic acids is 1. The number of amides is 1. The summed E-state index contributed by atoms with van der Waals surface area (Å²) >= 11 is 7.18. The molecule has 122 valence electrons. The van der Waals surface area contributed by atoms with E-state index < -0.39 is 5.97 Å². The minimum atomic E-state index is -0.870. The van der Waals surface area contributed by atoms with Crippen LogP contribution in [0.2, 0.25) is 5.02 Å². The SMILES string of the molecule is Cc1nc(-c2ccc(Cl)cc2)sc1C(=O)NC(C)CCC(=O)O. The summed E-state index contributed by atoms with van der Waals surface area (Å²) in [5.41, 5.74) is 1.56. The van der Waals surface area contributed by atoms with Crippen LogP contribution in [0, 0.1) is 6.92 Å². The van der Waals surface area contributed by atoms with E-state index >= 15 is 0 Å². The average Bonchev–Trinajstić information content (AvgIpc) is 2.88. The lowest BCUT2D eigenvalue weighted by Crippen LogP contribution is -2.32. The lowest BCUT2D eigenvalue weighted by atomic mass is 10.2. The molecule has 1 atom stereocenters. The number of thiazole rings is 1. The van der Waals surface area contributed by atoms with Gasteiger partial charge in [-0.1, -0.05) is 23.7 Å². The molecule has 5 nitrogen and oxygen atoms in total. The summed E-state index contributed by atoms with van der Waals surface area (Å²) in [6.45, 7) is 3.57. The minimum Gasteiger partial charge on any atom is -0.481 e. The van der Waals surface area contributed by atoms with E-state index in [1.165, 1.54) is 11.3 Å². The van der Waals surface area contributed by atoms with Crippen LogP contribution in [0.25, 0.3) is 10.6 Å². The average molecular weight is 353 g/mol. The summed E-state index contributed by atoms with van der Waals surface area (Å²) < 4.78 is 0. The molecule has 1 aromatic heterocycles. The zero-order chi connectivity index (χ0) is 17.0. The number of carbonyl (C=O) groups is 2. The van der Waals surface area contributed by atoms with Crippen molar-refractivity contribution in [1.29, 1.82) is 0 Å². The summed E-state index contributed by atoms with van der Waals surface area (Å²) in [7, 11) is 0. The largest absolute Gasteiger partial charge is 0.481 e. The molecule has 23 heavy (non-hydrogen) atoms. The van der Waals surface area contributed by atoms with Gasteiger partial charge in [-0.15, -0.1) is 11.3 Å². The first-order chi connectivity index (χ1) is 10.9. The third-order valence-electron chi connectivity index (χ3n) is 3.26. The molecule has 0 saturated carbocycles. The van der Waals surface area contributed by atoms with E-state index in [1.54, 1.807) is 26.0 Å². The number of rotatable bonds is 6. The van der Waals surface area contributed by atoms with E-state index in [0.29, 0.717) is 22.0 Å². The molecule has 0 bridgehead atoms. The number of aryl methyl sites for hydroxylation is 1. The third-order valence-corrected chi connectivity index (χ3v) is 4.72. The highest BCUT2D eigenvalue weighted by molar-refractivity contribution is 7.17. The quantitative estimate of drug-likeness (QED) is 0.829. The van der Waals surface area contributed by atoms with E-state index in [9.17, 15) is 9.59 Å². The molecular weight excluding hydrogens is 336 g/mol. The van der Waals surface area contributed by atoms with E-state index in [2.05, 4.69) is 10.3 Å². The third kappa shape index (κ3) is 4.77. The van der Waals surface area contributed by atoms with Crippen LogP contribution in [0.15, 0.2) is 24.3 Å². The number of benzene rings is 1. The second-order valence-corrected chi connectivity index (χ2v) is 6.68. The van der Waals surface area contributed by atoms with Crippen molar-refractivity contribution >= 4 is 34.8 Å². The highest BCUT2D eigenvalue weighted by Gasteiger charge is 2.18. The van der Waals surface area contributed by atoms with Crippen molar-refractivity contribution in [3.05, 3.63) is 39.9 Å². The molecule has 0 aliphatic carbocycles. The van der Waals surface area contributed by atoms with E-state index in [-0.39, 0.29) is 18.4 Å². The Kier molecular flexibility index (Phi) is 5.74. The highest BCUT2D eigenvalue weighted by atomic mass is 35.5. The molecule has 2 rings (SSSR count). The Bertz CT molecular complexity index is 713. The smallest absolute Gasteiger partial charge is 0.303 e. The van der Waals surface area contributed by atoms with Crippen molar-refractivity contribution in [2.24, 2.45) is 0 Å². The van der Waals surface area contributed by atoms with Crippen molar-refractivity contribution in [1.82, 2.24) is 10.3 Å². The van der Waals surface area contributed by atoms with E-state index in [4.69, 9.17) is 16.7 Å². The molecule has 2 aromatic rings. The number of hydrogen-bond donors (Lipinski definition) is 2. The van der Waals surface area contributed by atoms with Crippen LogP contribution < -0.4 is 5.32 Å². The lowest BCUT2D eigenvalue weighted by Gasteiger charge is -2.11. The fraction of sp³-hybridized carbons (Fsp3) is 0.312. The molecular formula is C16H17ClN2O3S. The van der Waals surface area contributed by atoms with E-state index in [1.807, 2.05) is 12.1 Å². The molecule has 0 aliphatic rings. The second-order valence-electron chi connectivity index (χ2n) is 5.25. The van der Waals surface area contributed by atoms with Crippen LogP contribution >= 0.6 is 22.9 Å². The molecule has 0 spiro atoms. The van der Waals surface area contributed by atoms with Gasteiger partial charge in [-0.05, 0) is 32.4 Å². The fourth-order valence-corrected chi connectivity index (χ4v) is 3.13. The Balaban J connectivity index is 2.09. The predicted octanol–water partition coefficient (Wildman–Crippen LogP) is 3.76. The van der Waals surface area contributed by atoms with Crippen molar-refractivity contribution in [2.45, 2.75) is 32.7 Å². The molecule has 2 N–H and O–H groups in total. The summed E-state index contributed by atoms with van der Waals surface area (Å²) in [6, 6.07) is 7.07. The Hall–Kier alpha value is -1.92. The topological polar surface area (TPSA) is 79.3 Å². The number of hydrogen-bond acceptors (Lipinski definition) is 4. The summed E-state index contributed by atoms with van der Waals surface area (Å²) in [5.74, 6) is -1.09. The Morgan fingerprint density at radius 2 is 2.00 bits per heavy atom. The number of aliphatic carboxylic acids is 1. The van der Waals surface area contributed by atoms with Gasteiger partial charge in [0, 0.05) is 23.0 Å². The predicted molar refractivity (Wildman–Crippen MR) is 91.1 cm³/mol. The monoisotopic (exact) mass is 352 g/mol. The van der Waals surface area contributed by atoms with Crippen LogP contribution in [0.1, 0.15) is 35.1 Å². The Labute approximate surface area is 143 Å². The van der Waals surface area contributed by atoms with Gasteiger partial charge in [-0.25, -0.2) is 4.98 Å². The summed E-state index contributed by atoms with van der Waals surface area (Å²) in [4.78, 5) is 27.9. The molecule has 1 aromatic carbocycles. The number of halogens is 1. The van der Waals surface area contributed by atoms with Gasteiger partial charge in [0.25, 0.3) is 5.91 Å². The maximum atomic E-state index is 12.3. The summed E-state index contributed by atoms with van der Waals surface area (Å²) in [5, 5.41) is 12.9. The van der Waals surface area contributed by atoms with Crippen LogP contribution in [-0.4, -0.2) is 28.0 Å². The van der Waals surface area contributed by atoms with Crippen LogP contribution in [0.5, 0.6) is 0 Å². The van der Waals surface area contributed by atoms with Crippen LogP contribution in [-0.2, 0) is 4.79 Å². The number of nitrogens with zero attached hydrogens (tertiary/aromatic N) is 1. The van der Waals surface area contributed by atoms with Gasteiger partial charge in [-0.3, -0.25) is 9.59 Å². The van der Waals surface area contributed by atoms with E-state index in [0.717, 1.165) is 10.6 Å². The van der Waals surface area contributed by atoms with Gasteiger partial charge in [-0.2, -0.15) is 0 Å². The zero-order valence-corrected chi connectivity index (χ0v) is 14.4. The fourth-order valence-electron chi connectivity index (χ4n) is 2.02. The maximum Gasteiger partial charge on any atom is 0.303 e. The Morgan fingerprint density at radius 1 is 1.35 bits per heavy atom. The molecule has 0 saturated heterocycles. The normalized spacial score (nSPS) is 12.0. The number of nitrogens with one attached hydrogen (secondary N) is 1.